The summed E-state index contributed by atoms with van der Waals surface area (Å²) in [6.07, 6.45) is -1.11. The van der Waals surface area contributed by atoms with Crippen LogP contribution >= 0.6 is 0 Å². The lowest BCUT2D eigenvalue weighted by atomic mass is 10.4. The molecular weight excluding hydrogens is 164 g/mol. The van der Waals surface area contributed by atoms with Crippen molar-refractivity contribution in [1.29, 1.82) is 5.53 Å². The molecule has 0 aromatic carbocycles. The van der Waals surface area contributed by atoms with Crippen LogP contribution in [0.1, 0.15) is 6.92 Å². The summed E-state index contributed by atoms with van der Waals surface area (Å²) in [4.78, 5) is 20.8. The predicted octanol–water partition coefficient (Wildman–Crippen LogP) is 1.23. The molecule has 0 saturated carbocycles. The summed E-state index contributed by atoms with van der Waals surface area (Å²) >= 11 is 0. The van der Waals surface area contributed by atoms with Crippen molar-refractivity contribution >= 4 is 12.1 Å². The van der Waals surface area contributed by atoms with Gasteiger partial charge in [-0.25, -0.2) is 9.59 Å². The van der Waals surface area contributed by atoms with Crippen molar-refractivity contribution < 1.29 is 19.1 Å². The lowest BCUT2D eigenvalue weighted by Crippen LogP contribution is -2.10. The van der Waals surface area contributed by atoms with Crippen LogP contribution in [-0.4, -0.2) is 18.9 Å². The van der Waals surface area contributed by atoms with E-state index >= 15 is 0 Å². The molecule has 0 radical (unpaired) electrons. The van der Waals surface area contributed by atoms with Gasteiger partial charge in [-0.15, -0.1) is 0 Å². The number of ether oxygens (including phenoxy) is 2. The van der Waals surface area contributed by atoms with Gasteiger partial charge in [0.15, 0.2) is 0 Å². The standard InChI is InChI=1S/C6H8N2O4/c1-4(2)5(9)11-3-12-6(10)8-7/h7H,1,3H2,2H3. The van der Waals surface area contributed by atoms with Gasteiger partial charge in [0.25, 0.3) is 0 Å². The zero-order valence-corrected chi connectivity index (χ0v) is 6.49. The van der Waals surface area contributed by atoms with Crippen molar-refractivity contribution in [2.24, 2.45) is 5.11 Å². The largest absolute Gasteiger partial charge is 0.454 e. The second kappa shape index (κ2) is 5.00. The summed E-state index contributed by atoms with van der Waals surface area (Å²) < 4.78 is 8.49. The van der Waals surface area contributed by atoms with E-state index in [1.54, 1.807) is 0 Å². The lowest BCUT2D eigenvalue weighted by Gasteiger charge is -2.01. The maximum absolute atomic E-state index is 10.6. The van der Waals surface area contributed by atoms with E-state index in [1.165, 1.54) is 6.92 Å². The van der Waals surface area contributed by atoms with Gasteiger partial charge in [-0.3, -0.25) is 0 Å². The van der Waals surface area contributed by atoms with E-state index in [0.29, 0.717) is 0 Å². The van der Waals surface area contributed by atoms with E-state index in [1.807, 2.05) is 0 Å². The van der Waals surface area contributed by atoms with Crippen LogP contribution in [0.5, 0.6) is 0 Å². The fraction of sp³-hybridized carbons (Fsp3) is 0.333. The highest BCUT2D eigenvalue weighted by atomic mass is 16.7. The van der Waals surface area contributed by atoms with E-state index in [0.717, 1.165) is 0 Å². The van der Waals surface area contributed by atoms with Crippen LogP contribution in [0, 0.1) is 5.53 Å². The minimum Gasteiger partial charge on any atom is -0.424 e. The average molecular weight is 172 g/mol. The smallest absolute Gasteiger partial charge is 0.424 e. The Labute approximate surface area is 68.7 Å². The Bertz CT molecular complexity index is 224. The molecular formula is C6H8N2O4. The van der Waals surface area contributed by atoms with E-state index in [4.69, 9.17) is 5.53 Å². The highest BCUT2D eigenvalue weighted by molar-refractivity contribution is 5.86. The van der Waals surface area contributed by atoms with Crippen molar-refractivity contribution in [3.63, 3.8) is 0 Å². The van der Waals surface area contributed by atoms with Crippen LogP contribution in [-0.2, 0) is 14.3 Å². The molecule has 66 valence electrons. The van der Waals surface area contributed by atoms with Crippen LogP contribution in [0.15, 0.2) is 17.3 Å². The third-order valence-corrected chi connectivity index (χ3v) is 0.812. The molecule has 1 N–H and O–H groups in total. The third kappa shape index (κ3) is 4.15. The van der Waals surface area contributed by atoms with Gasteiger partial charge in [0, 0.05) is 5.57 Å². The number of amides is 1. The molecule has 0 aliphatic rings. The predicted molar refractivity (Wildman–Crippen MR) is 37.4 cm³/mol. The maximum atomic E-state index is 10.6. The molecule has 0 heterocycles. The molecule has 6 nitrogen and oxygen atoms in total. The van der Waals surface area contributed by atoms with E-state index in [-0.39, 0.29) is 5.57 Å². The summed E-state index contributed by atoms with van der Waals surface area (Å²) in [5.74, 6) is -0.659. The monoisotopic (exact) mass is 172 g/mol. The van der Waals surface area contributed by atoms with Crippen molar-refractivity contribution in [1.82, 2.24) is 0 Å². The van der Waals surface area contributed by atoms with Gasteiger partial charge < -0.3 is 9.47 Å². The first-order valence-electron chi connectivity index (χ1n) is 2.94. The topological polar surface area (TPSA) is 88.8 Å². The Kier molecular flexibility index (Phi) is 4.28. The summed E-state index contributed by atoms with van der Waals surface area (Å²) in [5, 5.41) is 2.41. The van der Waals surface area contributed by atoms with Crippen LogP contribution in [0.4, 0.5) is 4.79 Å². The average Bonchev–Trinajstić information content (AvgIpc) is 2.03. The van der Waals surface area contributed by atoms with Crippen LogP contribution in [0.3, 0.4) is 0 Å². The van der Waals surface area contributed by atoms with Gasteiger partial charge in [0.1, 0.15) is 0 Å². The molecule has 0 fully saturated rings. The Morgan fingerprint density at radius 2 is 2.08 bits per heavy atom. The van der Waals surface area contributed by atoms with Gasteiger partial charge in [-0.2, -0.15) is 5.53 Å². The van der Waals surface area contributed by atoms with Crippen molar-refractivity contribution in [2.45, 2.75) is 6.92 Å². The summed E-state index contributed by atoms with van der Waals surface area (Å²) in [5.41, 5.74) is 6.37. The number of esters is 1. The number of rotatable bonds is 3. The zero-order valence-electron chi connectivity index (χ0n) is 6.49. The fourth-order valence-corrected chi connectivity index (χ4v) is 0.289. The fourth-order valence-electron chi connectivity index (χ4n) is 0.289. The highest BCUT2D eigenvalue weighted by Gasteiger charge is 2.04. The SMILES string of the molecule is C=C(C)C(=O)OCOC(=O)N=N. The number of carbonyl (C=O) groups is 2. The van der Waals surface area contributed by atoms with Crippen molar-refractivity contribution in [3.05, 3.63) is 12.2 Å². The second-order valence-electron chi connectivity index (χ2n) is 1.85. The molecule has 12 heavy (non-hydrogen) atoms. The van der Waals surface area contributed by atoms with Crippen LogP contribution < -0.4 is 0 Å². The molecule has 0 atom stereocenters. The van der Waals surface area contributed by atoms with E-state index in [2.05, 4.69) is 21.2 Å². The molecule has 0 bridgehead atoms. The summed E-state index contributed by atoms with van der Waals surface area (Å²) in [6, 6.07) is 0. The first-order chi connectivity index (χ1) is 5.57. The van der Waals surface area contributed by atoms with Crippen molar-refractivity contribution in [2.75, 3.05) is 6.79 Å². The van der Waals surface area contributed by atoms with Gasteiger partial charge in [0.05, 0.1) is 0 Å². The van der Waals surface area contributed by atoms with Crippen LogP contribution in [0.2, 0.25) is 0 Å². The first-order valence-corrected chi connectivity index (χ1v) is 2.94. The minimum absolute atomic E-state index is 0.203. The summed E-state index contributed by atoms with van der Waals surface area (Å²) in [6.45, 7) is 4.21. The van der Waals surface area contributed by atoms with Gasteiger partial charge in [0.2, 0.25) is 6.79 Å². The quantitative estimate of drug-likeness (QED) is 0.300. The Balaban J connectivity index is 3.57. The number of nitrogens with one attached hydrogen (secondary N) is 1. The molecule has 0 unspecified atom stereocenters. The molecule has 0 aromatic heterocycles. The Hall–Kier alpha value is -1.72. The second-order valence-corrected chi connectivity index (χ2v) is 1.85. The minimum atomic E-state index is -1.11. The molecule has 1 amide bonds. The highest BCUT2D eigenvalue weighted by Crippen LogP contribution is 1.92. The van der Waals surface area contributed by atoms with Crippen LogP contribution in [0.25, 0.3) is 0 Å². The maximum Gasteiger partial charge on any atom is 0.454 e. The normalized spacial score (nSPS) is 8.42. The van der Waals surface area contributed by atoms with E-state index in [9.17, 15) is 9.59 Å². The molecule has 0 aliphatic heterocycles. The van der Waals surface area contributed by atoms with Gasteiger partial charge >= 0.3 is 12.1 Å². The molecule has 6 heteroatoms. The third-order valence-electron chi connectivity index (χ3n) is 0.812. The van der Waals surface area contributed by atoms with Crippen molar-refractivity contribution in [3.8, 4) is 0 Å². The molecule has 0 aliphatic carbocycles. The molecule has 0 aromatic rings. The zero-order chi connectivity index (χ0) is 9.56. The van der Waals surface area contributed by atoms with E-state index < -0.39 is 18.9 Å². The summed E-state index contributed by atoms with van der Waals surface area (Å²) in [7, 11) is 0. The number of hydrogen-bond donors (Lipinski definition) is 1. The molecule has 0 rings (SSSR count). The number of carbonyl (C=O) groups excluding carboxylic acids is 2. The molecule has 0 spiro atoms. The van der Waals surface area contributed by atoms with Gasteiger partial charge in [-0.1, -0.05) is 11.7 Å². The molecule has 0 saturated heterocycles. The number of nitrogens with zero attached hydrogens (tertiary/aromatic N) is 1. The Morgan fingerprint density at radius 1 is 1.50 bits per heavy atom. The lowest BCUT2D eigenvalue weighted by molar-refractivity contribution is -0.146. The Morgan fingerprint density at radius 3 is 2.50 bits per heavy atom. The first kappa shape index (κ1) is 10.3. The van der Waals surface area contributed by atoms with Gasteiger partial charge in [-0.05, 0) is 6.92 Å². The number of hydrogen-bond acceptors (Lipinski definition) is 5.